The summed E-state index contributed by atoms with van der Waals surface area (Å²) in [6.07, 6.45) is 0.870. The molecular formula is C12H12N2O4. The number of aromatic carboxylic acids is 1. The van der Waals surface area contributed by atoms with Crippen molar-refractivity contribution in [3.8, 4) is 0 Å². The maximum atomic E-state index is 11.8. The first-order valence-electron chi connectivity index (χ1n) is 5.76. The molecule has 6 nitrogen and oxygen atoms in total. The van der Waals surface area contributed by atoms with Gasteiger partial charge in [-0.3, -0.25) is 4.57 Å². The van der Waals surface area contributed by atoms with Crippen LogP contribution in [0, 0.1) is 0 Å². The van der Waals surface area contributed by atoms with Crippen LogP contribution in [0.15, 0.2) is 27.4 Å². The van der Waals surface area contributed by atoms with Crippen LogP contribution in [0.3, 0.4) is 0 Å². The molecule has 1 fully saturated rings. The summed E-state index contributed by atoms with van der Waals surface area (Å²) in [5, 5.41) is 12.1. The first-order chi connectivity index (χ1) is 8.66. The van der Waals surface area contributed by atoms with Crippen LogP contribution in [0.25, 0.3) is 11.1 Å². The second-order valence-electron chi connectivity index (χ2n) is 4.37. The molecule has 1 aliphatic heterocycles. The molecule has 0 spiro atoms. The molecular weight excluding hydrogens is 236 g/mol. The van der Waals surface area contributed by atoms with Gasteiger partial charge in [-0.1, -0.05) is 0 Å². The van der Waals surface area contributed by atoms with E-state index < -0.39 is 11.7 Å². The highest BCUT2D eigenvalue weighted by Crippen LogP contribution is 2.22. The zero-order valence-corrected chi connectivity index (χ0v) is 9.55. The van der Waals surface area contributed by atoms with Gasteiger partial charge in [-0.2, -0.15) is 0 Å². The molecule has 94 valence electrons. The molecule has 3 rings (SSSR count). The van der Waals surface area contributed by atoms with E-state index in [4.69, 9.17) is 9.52 Å². The molecule has 1 unspecified atom stereocenters. The third-order valence-corrected chi connectivity index (χ3v) is 3.26. The predicted molar refractivity (Wildman–Crippen MR) is 64.0 cm³/mol. The zero-order valence-electron chi connectivity index (χ0n) is 9.55. The van der Waals surface area contributed by atoms with Gasteiger partial charge in [0.15, 0.2) is 5.58 Å². The highest BCUT2D eigenvalue weighted by atomic mass is 16.4. The number of hydrogen-bond acceptors (Lipinski definition) is 4. The molecule has 2 heterocycles. The molecule has 0 bridgehead atoms. The van der Waals surface area contributed by atoms with Crippen LogP contribution in [0.5, 0.6) is 0 Å². The van der Waals surface area contributed by atoms with Crippen LogP contribution in [-0.2, 0) is 0 Å². The lowest BCUT2D eigenvalue weighted by Gasteiger charge is -2.08. The summed E-state index contributed by atoms with van der Waals surface area (Å²) in [5.74, 6) is -1.46. The molecule has 18 heavy (non-hydrogen) atoms. The number of hydrogen-bond donors (Lipinski definition) is 2. The maximum absolute atomic E-state index is 11.8. The Balaban J connectivity index is 2.18. The van der Waals surface area contributed by atoms with Crippen LogP contribution < -0.4 is 11.1 Å². The van der Waals surface area contributed by atoms with E-state index in [2.05, 4.69) is 5.32 Å². The van der Waals surface area contributed by atoms with Crippen molar-refractivity contribution in [3.63, 3.8) is 0 Å². The Labute approximate surface area is 102 Å². The second-order valence-corrected chi connectivity index (χ2v) is 4.37. The van der Waals surface area contributed by atoms with E-state index in [0.717, 1.165) is 19.5 Å². The van der Waals surface area contributed by atoms with Crippen LogP contribution in [0.1, 0.15) is 22.8 Å². The standard InChI is InChI=1S/C12H12N2O4/c15-11(16)7-1-2-9-10(5-7)18-12(17)14(9)8-3-4-13-6-8/h1-2,5,8,13H,3-4,6H2,(H,15,16). The highest BCUT2D eigenvalue weighted by molar-refractivity contribution is 5.91. The van der Waals surface area contributed by atoms with Crippen molar-refractivity contribution in [1.82, 2.24) is 9.88 Å². The summed E-state index contributed by atoms with van der Waals surface area (Å²) in [4.78, 5) is 22.7. The first-order valence-corrected chi connectivity index (χ1v) is 5.76. The van der Waals surface area contributed by atoms with Gasteiger partial charge in [0.2, 0.25) is 0 Å². The van der Waals surface area contributed by atoms with Crippen molar-refractivity contribution in [3.05, 3.63) is 34.3 Å². The van der Waals surface area contributed by atoms with Gasteiger partial charge in [-0.05, 0) is 31.2 Å². The number of fused-ring (bicyclic) bond motifs is 1. The predicted octanol–water partition coefficient (Wildman–Crippen LogP) is 0.827. The number of nitrogens with one attached hydrogen (secondary N) is 1. The molecule has 1 saturated heterocycles. The van der Waals surface area contributed by atoms with Gasteiger partial charge in [-0.15, -0.1) is 0 Å². The lowest BCUT2D eigenvalue weighted by Crippen LogP contribution is -2.22. The molecule has 1 aromatic carbocycles. The van der Waals surface area contributed by atoms with E-state index in [1.54, 1.807) is 10.6 Å². The van der Waals surface area contributed by atoms with Crippen molar-refractivity contribution in [2.75, 3.05) is 13.1 Å². The number of nitrogens with zero attached hydrogens (tertiary/aromatic N) is 1. The van der Waals surface area contributed by atoms with Crippen molar-refractivity contribution < 1.29 is 14.3 Å². The van der Waals surface area contributed by atoms with Crippen LogP contribution in [0.4, 0.5) is 0 Å². The average Bonchev–Trinajstić information content (AvgIpc) is 2.93. The molecule has 6 heteroatoms. The fourth-order valence-corrected chi connectivity index (χ4v) is 2.38. The number of benzene rings is 1. The van der Waals surface area contributed by atoms with Crippen molar-refractivity contribution in [2.45, 2.75) is 12.5 Å². The average molecular weight is 248 g/mol. The minimum absolute atomic E-state index is 0.0782. The zero-order chi connectivity index (χ0) is 12.7. The number of oxazole rings is 1. The van der Waals surface area contributed by atoms with Crippen LogP contribution in [0.2, 0.25) is 0 Å². The Hall–Kier alpha value is -2.08. The fraction of sp³-hybridized carbons (Fsp3) is 0.333. The Morgan fingerprint density at radius 3 is 3.00 bits per heavy atom. The van der Waals surface area contributed by atoms with E-state index in [1.165, 1.54) is 12.1 Å². The third kappa shape index (κ3) is 1.62. The molecule has 1 aromatic heterocycles. The van der Waals surface area contributed by atoms with Crippen LogP contribution in [-0.4, -0.2) is 28.7 Å². The van der Waals surface area contributed by atoms with E-state index >= 15 is 0 Å². The minimum atomic E-state index is -1.03. The topological polar surface area (TPSA) is 84.5 Å². The Morgan fingerprint density at radius 1 is 1.50 bits per heavy atom. The van der Waals surface area contributed by atoms with Crippen molar-refractivity contribution in [2.24, 2.45) is 0 Å². The van der Waals surface area contributed by atoms with Gasteiger partial charge in [0.05, 0.1) is 17.1 Å². The van der Waals surface area contributed by atoms with Gasteiger partial charge in [0.1, 0.15) is 0 Å². The third-order valence-electron chi connectivity index (χ3n) is 3.26. The number of aromatic nitrogens is 1. The lowest BCUT2D eigenvalue weighted by atomic mass is 10.2. The number of carboxylic acid groups (broad SMARTS) is 1. The molecule has 1 aliphatic rings. The molecule has 2 aromatic rings. The molecule has 0 saturated carbocycles. The summed E-state index contributed by atoms with van der Waals surface area (Å²) < 4.78 is 6.72. The van der Waals surface area contributed by atoms with E-state index in [-0.39, 0.29) is 11.6 Å². The summed E-state index contributed by atoms with van der Waals surface area (Å²) in [5.41, 5.74) is 1.10. The maximum Gasteiger partial charge on any atom is 0.420 e. The number of carboxylic acids is 1. The van der Waals surface area contributed by atoms with Crippen LogP contribution >= 0.6 is 0 Å². The monoisotopic (exact) mass is 248 g/mol. The summed E-state index contributed by atoms with van der Waals surface area (Å²) in [6, 6.07) is 4.58. The highest BCUT2D eigenvalue weighted by Gasteiger charge is 2.22. The molecule has 0 amide bonds. The van der Waals surface area contributed by atoms with Crippen molar-refractivity contribution >= 4 is 17.1 Å². The van der Waals surface area contributed by atoms with Gasteiger partial charge in [-0.25, -0.2) is 9.59 Å². The summed E-state index contributed by atoms with van der Waals surface area (Å²) in [6.45, 7) is 1.60. The Morgan fingerprint density at radius 2 is 2.33 bits per heavy atom. The van der Waals surface area contributed by atoms with Gasteiger partial charge in [0, 0.05) is 6.54 Å². The largest absolute Gasteiger partial charge is 0.478 e. The van der Waals surface area contributed by atoms with E-state index in [9.17, 15) is 9.59 Å². The molecule has 0 radical (unpaired) electrons. The molecule has 2 N–H and O–H groups in total. The van der Waals surface area contributed by atoms with Crippen molar-refractivity contribution in [1.29, 1.82) is 0 Å². The van der Waals surface area contributed by atoms with Gasteiger partial charge >= 0.3 is 11.7 Å². The minimum Gasteiger partial charge on any atom is -0.478 e. The second kappa shape index (κ2) is 3.99. The fourth-order valence-electron chi connectivity index (χ4n) is 2.38. The van der Waals surface area contributed by atoms with Gasteiger partial charge in [0.25, 0.3) is 0 Å². The Bertz CT molecular complexity index is 664. The number of rotatable bonds is 2. The SMILES string of the molecule is O=C(O)c1ccc2c(c1)oc(=O)n2C1CCNC1. The molecule has 1 atom stereocenters. The molecule has 0 aliphatic carbocycles. The lowest BCUT2D eigenvalue weighted by molar-refractivity contribution is 0.0697. The normalized spacial score (nSPS) is 19.4. The summed E-state index contributed by atoms with van der Waals surface area (Å²) in [7, 11) is 0. The smallest absolute Gasteiger partial charge is 0.420 e. The summed E-state index contributed by atoms with van der Waals surface area (Å²) >= 11 is 0. The van der Waals surface area contributed by atoms with E-state index in [1.807, 2.05) is 0 Å². The first kappa shape index (κ1) is 11.0. The van der Waals surface area contributed by atoms with Gasteiger partial charge < -0.3 is 14.8 Å². The quantitative estimate of drug-likeness (QED) is 0.822. The Kier molecular flexibility index (Phi) is 2.45. The van der Waals surface area contributed by atoms with E-state index in [0.29, 0.717) is 11.1 Å². The number of carbonyl (C=O) groups is 1.